The molecule has 10 nitrogen and oxygen atoms in total. The molecule has 1 aromatic carbocycles. The molecular formula is C27H37N5O5S2Si. The minimum Gasteiger partial charge on any atom is -0.414 e. The molecule has 3 aromatic rings. The number of hydrogen-bond donors (Lipinski definition) is 2. The minimum absolute atomic E-state index is 0.0580. The molecule has 0 aliphatic carbocycles. The summed E-state index contributed by atoms with van der Waals surface area (Å²) in [6.07, 6.45) is 1.07. The Balaban J connectivity index is 1.40. The van der Waals surface area contributed by atoms with Crippen LogP contribution in [0.3, 0.4) is 0 Å². The molecule has 2 aliphatic heterocycles. The van der Waals surface area contributed by atoms with E-state index in [0.717, 1.165) is 0 Å². The molecule has 5 rings (SSSR count). The molecule has 3 atom stereocenters. The van der Waals surface area contributed by atoms with Crippen molar-refractivity contribution in [3.8, 4) is 0 Å². The molecule has 0 radical (unpaired) electrons. The Hall–Kier alpha value is -2.16. The lowest BCUT2D eigenvalue weighted by Crippen LogP contribution is -2.44. The lowest BCUT2D eigenvalue weighted by atomic mass is 10.2. The van der Waals surface area contributed by atoms with Crippen molar-refractivity contribution in [2.24, 2.45) is 5.92 Å². The van der Waals surface area contributed by atoms with Gasteiger partial charge in [-0.25, -0.2) is 4.98 Å². The molecule has 4 heterocycles. The summed E-state index contributed by atoms with van der Waals surface area (Å²) in [6.45, 7) is 15.0. The normalized spacial score (nSPS) is 21.9. The summed E-state index contributed by atoms with van der Waals surface area (Å²) in [4.78, 5) is 38.8. The molecule has 2 aliphatic rings. The Morgan fingerprint density at radius 3 is 2.55 bits per heavy atom. The van der Waals surface area contributed by atoms with E-state index in [1.54, 1.807) is 48.3 Å². The molecule has 40 heavy (non-hydrogen) atoms. The van der Waals surface area contributed by atoms with Gasteiger partial charge in [0.2, 0.25) is 11.9 Å². The van der Waals surface area contributed by atoms with Crippen LogP contribution in [0.5, 0.6) is 0 Å². The maximum atomic E-state index is 12.7. The molecule has 0 bridgehead atoms. The summed E-state index contributed by atoms with van der Waals surface area (Å²) >= 11 is 3.40. The zero-order valence-electron chi connectivity index (χ0n) is 23.9. The summed E-state index contributed by atoms with van der Waals surface area (Å²) in [5, 5.41) is 2.73. The summed E-state index contributed by atoms with van der Waals surface area (Å²) in [5.41, 5.74) is 0.0967. The number of benzene rings is 1. The number of anilines is 1. The van der Waals surface area contributed by atoms with E-state index in [0.29, 0.717) is 18.7 Å². The lowest BCUT2D eigenvalue weighted by Gasteiger charge is -2.37. The van der Waals surface area contributed by atoms with Gasteiger partial charge in [0.15, 0.2) is 24.2 Å². The SMILES string of the molecule is CC(C)C(=O)Nc1nc2c(ncn2[C@H]2C[C@H](OC3Sc4ccccc4S3)[C@@H](CO[Si](C)(C)C(C)(C)C)O2)c(=O)[nH]1. The predicted molar refractivity (Wildman–Crippen MR) is 160 cm³/mol. The number of H-pyrrole nitrogens is 1. The van der Waals surface area contributed by atoms with Crippen molar-refractivity contribution in [1.82, 2.24) is 19.5 Å². The highest BCUT2D eigenvalue weighted by atomic mass is 32.2. The number of carbonyl (C=O) groups is 1. The second-order valence-corrected chi connectivity index (χ2v) is 19.3. The van der Waals surface area contributed by atoms with Crippen molar-refractivity contribution in [3.63, 3.8) is 0 Å². The highest BCUT2D eigenvalue weighted by Gasteiger charge is 2.43. The fourth-order valence-corrected chi connectivity index (χ4v) is 7.81. The van der Waals surface area contributed by atoms with Gasteiger partial charge >= 0.3 is 0 Å². The number of fused-ring (bicyclic) bond motifs is 2. The Morgan fingerprint density at radius 1 is 1.25 bits per heavy atom. The molecule has 1 saturated heterocycles. The van der Waals surface area contributed by atoms with E-state index in [-0.39, 0.29) is 45.3 Å². The largest absolute Gasteiger partial charge is 0.414 e. The summed E-state index contributed by atoms with van der Waals surface area (Å²) < 4.78 is 21.4. The average Bonchev–Trinajstić information content (AvgIpc) is 3.58. The number of carbonyl (C=O) groups excluding carboxylic acids is 1. The van der Waals surface area contributed by atoms with Crippen LogP contribution >= 0.6 is 23.5 Å². The second-order valence-electron chi connectivity index (χ2n) is 12.0. The van der Waals surface area contributed by atoms with Crippen molar-refractivity contribution >= 4 is 54.9 Å². The molecular weight excluding hydrogens is 567 g/mol. The van der Waals surface area contributed by atoms with Gasteiger partial charge in [0, 0.05) is 22.1 Å². The summed E-state index contributed by atoms with van der Waals surface area (Å²) in [6, 6.07) is 8.30. The Morgan fingerprint density at radius 2 is 1.93 bits per heavy atom. The maximum absolute atomic E-state index is 12.7. The third kappa shape index (κ3) is 6.04. The summed E-state index contributed by atoms with van der Waals surface area (Å²) in [7, 11) is -2.03. The van der Waals surface area contributed by atoms with Crippen LogP contribution in [0.2, 0.25) is 18.1 Å². The van der Waals surface area contributed by atoms with E-state index < -0.39 is 20.1 Å². The lowest BCUT2D eigenvalue weighted by molar-refractivity contribution is -0.118. The van der Waals surface area contributed by atoms with Crippen LogP contribution in [0.25, 0.3) is 11.2 Å². The van der Waals surface area contributed by atoms with Gasteiger partial charge < -0.3 is 13.9 Å². The van der Waals surface area contributed by atoms with Crippen LogP contribution in [-0.2, 0) is 18.7 Å². The van der Waals surface area contributed by atoms with Gasteiger partial charge in [0.1, 0.15) is 12.3 Å². The van der Waals surface area contributed by atoms with Gasteiger partial charge in [0.05, 0.1) is 19.0 Å². The Labute approximate surface area is 243 Å². The van der Waals surface area contributed by atoms with Crippen LogP contribution < -0.4 is 10.9 Å². The molecule has 1 fully saturated rings. The van der Waals surface area contributed by atoms with Gasteiger partial charge in [-0.15, -0.1) is 0 Å². The number of ether oxygens (including phenoxy) is 2. The first-order valence-electron chi connectivity index (χ1n) is 13.5. The van der Waals surface area contributed by atoms with Gasteiger partial charge in [-0.2, -0.15) is 4.98 Å². The molecule has 1 amide bonds. The van der Waals surface area contributed by atoms with E-state index in [4.69, 9.17) is 13.9 Å². The molecule has 2 aromatic heterocycles. The van der Waals surface area contributed by atoms with Crippen LogP contribution in [0.15, 0.2) is 45.2 Å². The standard InChI is InChI=1S/C27H37N5O5S2Si/c1-15(2)23(33)30-25-29-22-21(24(34)31-25)28-14-32(22)20-12-16(17(36-20)13-35-40(6,7)27(3,4)5)37-26-38-18-10-8-9-11-19(18)39-26/h8-11,14-17,20,26H,12-13H2,1-7H3,(H2,29,30,31,33,34)/t16-,17+,20+/m0/s1. The number of aromatic amines is 1. The number of thioether (sulfide) groups is 2. The van der Waals surface area contributed by atoms with Gasteiger partial charge in [0.25, 0.3) is 5.56 Å². The molecule has 216 valence electrons. The average molecular weight is 604 g/mol. The van der Waals surface area contributed by atoms with E-state index in [1.165, 1.54) is 9.79 Å². The number of hydrogen-bond acceptors (Lipinski definition) is 9. The van der Waals surface area contributed by atoms with E-state index >= 15 is 0 Å². The zero-order chi connectivity index (χ0) is 28.8. The van der Waals surface area contributed by atoms with Gasteiger partial charge in [-0.05, 0) is 30.3 Å². The molecule has 13 heteroatoms. The monoisotopic (exact) mass is 603 g/mol. The highest BCUT2D eigenvalue weighted by Crippen LogP contribution is 2.50. The smallest absolute Gasteiger partial charge is 0.280 e. The minimum atomic E-state index is -2.03. The van der Waals surface area contributed by atoms with E-state index in [1.807, 2.05) is 12.1 Å². The summed E-state index contributed by atoms with van der Waals surface area (Å²) in [5.74, 6) is -0.422. The van der Waals surface area contributed by atoms with E-state index in [9.17, 15) is 9.59 Å². The third-order valence-electron chi connectivity index (χ3n) is 7.69. The third-order valence-corrected chi connectivity index (χ3v) is 14.7. The fraction of sp³-hybridized carbons (Fsp3) is 0.556. The predicted octanol–water partition coefficient (Wildman–Crippen LogP) is 5.59. The van der Waals surface area contributed by atoms with Crippen molar-refractivity contribution in [1.29, 1.82) is 0 Å². The van der Waals surface area contributed by atoms with Crippen molar-refractivity contribution in [3.05, 3.63) is 40.9 Å². The van der Waals surface area contributed by atoms with Gasteiger partial charge in [-0.3, -0.25) is 24.5 Å². The fourth-order valence-electron chi connectivity index (χ4n) is 4.20. The Bertz CT molecular complexity index is 1430. The number of rotatable bonds is 8. The van der Waals surface area contributed by atoms with Crippen molar-refractivity contribution in [2.45, 2.75) is 92.2 Å². The van der Waals surface area contributed by atoms with Crippen LogP contribution in [0, 0.1) is 5.92 Å². The Kier molecular flexibility index (Phi) is 8.25. The zero-order valence-corrected chi connectivity index (χ0v) is 26.5. The number of nitrogens with one attached hydrogen (secondary N) is 2. The quantitative estimate of drug-likeness (QED) is 0.318. The van der Waals surface area contributed by atoms with E-state index in [2.05, 4.69) is 66.3 Å². The van der Waals surface area contributed by atoms with Crippen LogP contribution in [-0.4, -0.2) is 57.3 Å². The molecule has 2 N–H and O–H groups in total. The van der Waals surface area contributed by atoms with Crippen molar-refractivity contribution in [2.75, 3.05) is 11.9 Å². The van der Waals surface area contributed by atoms with Crippen LogP contribution in [0.4, 0.5) is 5.95 Å². The highest BCUT2D eigenvalue weighted by molar-refractivity contribution is 8.19. The van der Waals surface area contributed by atoms with Crippen molar-refractivity contribution < 1.29 is 18.7 Å². The first-order chi connectivity index (χ1) is 18.8. The van der Waals surface area contributed by atoms with Crippen LogP contribution in [0.1, 0.15) is 47.3 Å². The van der Waals surface area contributed by atoms with Gasteiger partial charge in [-0.1, -0.05) is 70.3 Å². The number of nitrogens with zero attached hydrogens (tertiary/aromatic N) is 3. The molecule has 0 unspecified atom stereocenters. The number of aromatic nitrogens is 4. The molecule has 0 saturated carbocycles. The molecule has 0 spiro atoms. The topological polar surface area (TPSA) is 120 Å². The number of amides is 1. The maximum Gasteiger partial charge on any atom is 0.280 e. The first kappa shape index (κ1) is 29.3. The first-order valence-corrected chi connectivity index (χ1v) is 18.1. The number of imidazole rings is 1. The second kappa shape index (κ2) is 11.3.